The number of carbonyl (C=O) groups excluding carboxylic acids is 1. The molecular weight excluding hydrogens is 268 g/mol. The SMILES string of the molecule is O=C(O)N1CC2CC2(c2ccc(N3CCCC3=O)cc2)C1. The Hall–Kier alpha value is -2.04. The third-order valence-electron chi connectivity index (χ3n) is 5.24. The summed E-state index contributed by atoms with van der Waals surface area (Å²) >= 11 is 0. The second kappa shape index (κ2) is 4.23. The number of carboxylic acid groups (broad SMARTS) is 1. The maximum atomic E-state index is 11.8. The molecule has 5 nitrogen and oxygen atoms in total. The first kappa shape index (κ1) is 12.7. The Morgan fingerprint density at radius 1 is 1.29 bits per heavy atom. The largest absolute Gasteiger partial charge is 0.465 e. The first-order valence-corrected chi connectivity index (χ1v) is 7.49. The molecule has 5 heteroatoms. The quantitative estimate of drug-likeness (QED) is 0.905. The molecule has 1 N–H and O–H groups in total. The highest BCUT2D eigenvalue weighted by Crippen LogP contribution is 2.59. The minimum atomic E-state index is -0.819. The molecule has 0 spiro atoms. The molecule has 1 saturated carbocycles. The van der Waals surface area contributed by atoms with Crippen LogP contribution in [0.5, 0.6) is 0 Å². The zero-order valence-corrected chi connectivity index (χ0v) is 11.8. The normalized spacial score (nSPS) is 30.7. The van der Waals surface area contributed by atoms with Crippen molar-refractivity contribution in [1.29, 1.82) is 0 Å². The van der Waals surface area contributed by atoms with Crippen molar-refractivity contribution >= 4 is 17.7 Å². The molecule has 21 heavy (non-hydrogen) atoms. The van der Waals surface area contributed by atoms with E-state index in [1.165, 1.54) is 10.5 Å². The minimum absolute atomic E-state index is 0.0337. The van der Waals surface area contributed by atoms with E-state index >= 15 is 0 Å². The summed E-state index contributed by atoms with van der Waals surface area (Å²) in [6, 6.07) is 8.16. The molecule has 0 aromatic heterocycles. The van der Waals surface area contributed by atoms with E-state index < -0.39 is 6.09 Å². The van der Waals surface area contributed by atoms with Gasteiger partial charge in [0.1, 0.15) is 0 Å². The Morgan fingerprint density at radius 2 is 2.05 bits per heavy atom. The smallest absolute Gasteiger partial charge is 0.407 e. The van der Waals surface area contributed by atoms with E-state index in [1.54, 1.807) is 0 Å². The lowest BCUT2D eigenvalue weighted by Crippen LogP contribution is -2.31. The van der Waals surface area contributed by atoms with Crippen LogP contribution in [0.4, 0.5) is 10.5 Å². The third-order valence-corrected chi connectivity index (χ3v) is 5.24. The summed E-state index contributed by atoms with van der Waals surface area (Å²) < 4.78 is 0. The Labute approximate surface area is 123 Å². The number of nitrogens with zero attached hydrogens (tertiary/aromatic N) is 2. The van der Waals surface area contributed by atoms with Crippen molar-refractivity contribution in [3.8, 4) is 0 Å². The molecule has 2 saturated heterocycles. The summed E-state index contributed by atoms with van der Waals surface area (Å²) in [5, 5.41) is 9.11. The lowest BCUT2D eigenvalue weighted by molar-refractivity contribution is -0.117. The van der Waals surface area contributed by atoms with Gasteiger partial charge in [-0.1, -0.05) is 12.1 Å². The zero-order chi connectivity index (χ0) is 14.6. The average Bonchev–Trinajstić information content (AvgIpc) is 2.83. The molecular formula is C16H18N2O3. The number of piperidine rings is 1. The fourth-order valence-electron chi connectivity index (χ4n) is 3.97. The predicted octanol–water partition coefficient (Wildman–Crippen LogP) is 2.06. The fraction of sp³-hybridized carbons (Fsp3) is 0.500. The number of carbonyl (C=O) groups is 2. The van der Waals surface area contributed by atoms with Crippen molar-refractivity contribution in [1.82, 2.24) is 4.90 Å². The van der Waals surface area contributed by atoms with Crippen LogP contribution < -0.4 is 4.90 Å². The maximum Gasteiger partial charge on any atom is 0.407 e. The van der Waals surface area contributed by atoms with E-state index in [9.17, 15) is 9.59 Å². The molecule has 2 amide bonds. The highest BCUT2D eigenvalue weighted by molar-refractivity contribution is 5.95. The Kier molecular flexibility index (Phi) is 2.55. The molecule has 1 aromatic carbocycles. The monoisotopic (exact) mass is 286 g/mol. The summed E-state index contributed by atoms with van der Waals surface area (Å²) in [7, 11) is 0. The van der Waals surface area contributed by atoms with Crippen molar-refractivity contribution in [3.63, 3.8) is 0 Å². The van der Waals surface area contributed by atoms with Gasteiger partial charge in [0.2, 0.25) is 5.91 Å². The molecule has 2 aliphatic heterocycles. The summed E-state index contributed by atoms with van der Waals surface area (Å²) in [5.74, 6) is 0.663. The highest BCUT2D eigenvalue weighted by atomic mass is 16.4. The van der Waals surface area contributed by atoms with E-state index in [0.717, 1.165) is 25.1 Å². The fourth-order valence-corrected chi connectivity index (χ4v) is 3.97. The van der Waals surface area contributed by atoms with E-state index in [2.05, 4.69) is 12.1 Å². The number of fused-ring (bicyclic) bond motifs is 1. The number of anilines is 1. The Balaban J connectivity index is 1.55. The Morgan fingerprint density at radius 3 is 2.62 bits per heavy atom. The number of likely N-dealkylation sites (tertiary alicyclic amines) is 1. The van der Waals surface area contributed by atoms with Gasteiger partial charge in [-0.2, -0.15) is 0 Å². The number of hydrogen-bond donors (Lipinski definition) is 1. The molecule has 3 fully saturated rings. The van der Waals surface area contributed by atoms with E-state index in [1.807, 2.05) is 17.0 Å². The van der Waals surface area contributed by atoms with Gasteiger partial charge >= 0.3 is 6.09 Å². The third kappa shape index (κ3) is 1.83. The average molecular weight is 286 g/mol. The number of amides is 2. The summed E-state index contributed by atoms with van der Waals surface area (Å²) in [5.41, 5.74) is 2.21. The van der Waals surface area contributed by atoms with Crippen LogP contribution in [0, 0.1) is 5.92 Å². The van der Waals surface area contributed by atoms with Crippen molar-refractivity contribution in [3.05, 3.63) is 29.8 Å². The lowest BCUT2D eigenvalue weighted by Gasteiger charge is -2.20. The number of hydrogen-bond acceptors (Lipinski definition) is 2. The van der Waals surface area contributed by atoms with Crippen LogP contribution in [-0.4, -0.2) is 41.6 Å². The standard InChI is InChI=1S/C16H18N2O3/c19-14-2-1-7-18(14)13-5-3-11(4-6-13)16-8-12(16)9-17(10-16)15(20)21/h3-6,12H,1-2,7-10H2,(H,20,21). The van der Waals surface area contributed by atoms with Crippen LogP contribution in [0.15, 0.2) is 24.3 Å². The molecule has 2 unspecified atom stereocenters. The van der Waals surface area contributed by atoms with E-state index in [-0.39, 0.29) is 11.3 Å². The molecule has 0 radical (unpaired) electrons. The van der Waals surface area contributed by atoms with Gasteiger partial charge in [-0.15, -0.1) is 0 Å². The molecule has 1 aromatic rings. The van der Waals surface area contributed by atoms with Gasteiger partial charge in [0, 0.05) is 37.2 Å². The van der Waals surface area contributed by atoms with Gasteiger partial charge in [-0.3, -0.25) is 4.79 Å². The van der Waals surface area contributed by atoms with Gasteiger partial charge in [0.25, 0.3) is 0 Å². The second-order valence-electron chi connectivity index (χ2n) is 6.42. The van der Waals surface area contributed by atoms with E-state index in [0.29, 0.717) is 25.4 Å². The predicted molar refractivity (Wildman–Crippen MR) is 77.4 cm³/mol. The van der Waals surface area contributed by atoms with Crippen molar-refractivity contribution < 1.29 is 14.7 Å². The van der Waals surface area contributed by atoms with Crippen LogP contribution >= 0.6 is 0 Å². The van der Waals surface area contributed by atoms with Crippen LogP contribution in [0.1, 0.15) is 24.8 Å². The summed E-state index contributed by atoms with van der Waals surface area (Å²) in [6.07, 6.45) is 1.83. The van der Waals surface area contributed by atoms with Gasteiger partial charge in [0.15, 0.2) is 0 Å². The van der Waals surface area contributed by atoms with Gasteiger partial charge < -0.3 is 14.9 Å². The molecule has 2 atom stereocenters. The van der Waals surface area contributed by atoms with Crippen molar-refractivity contribution in [2.75, 3.05) is 24.5 Å². The Bertz CT molecular complexity index is 612. The van der Waals surface area contributed by atoms with Crippen LogP contribution in [0.25, 0.3) is 0 Å². The molecule has 2 heterocycles. The van der Waals surface area contributed by atoms with Crippen LogP contribution in [0.3, 0.4) is 0 Å². The van der Waals surface area contributed by atoms with E-state index in [4.69, 9.17) is 5.11 Å². The first-order valence-electron chi connectivity index (χ1n) is 7.49. The number of rotatable bonds is 2. The van der Waals surface area contributed by atoms with Crippen molar-refractivity contribution in [2.45, 2.75) is 24.7 Å². The van der Waals surface area contributed by atoms with Crippen LogP contribution in [-0.2, 0) is 10.2 Å². The van der Waals surface area contributed by atoms with Crippen LogP contribution in [0.2, 0.25) is 0 Å². The van der Waals surface area contributed by atoms with Crippen molar-refractivity contribution in [2.24, 2.45) is 5.92 Å². The molecule has 3 aliphatic rings. The zero-order valence-electron chi connectivity index (χ0n) is 11.8. The molecule has 1 aliphatic carbocycles. The second-order valence-corrected chi connectivity index (χ2v) is 6.42. The topological polar surface area (TPSA) is 60.9 Å². The summed E-state index contributed by atoms with van der Waals surface area (Å²) in [4.78, 5) is 26.2. The highest BCUT2D eigenvalue weighted by Gasteiger charge is 2.61. The van der Waals surface area contributed by atoms with Gasteiger partial charge in [-0.05, 0) is 36.5 Å². The molecule has 0 bridgehead atoms. The molecule has 4 rings (SSSR count). The maximum absolute atomic E-state index is 11.8. The minimum Gasteiger partial charge on any atom is -0.465 e. The lowest BCUT2D eigenvalue weighted by atomic mass is 9.95. The van der Waals surface area contributed by atoms with Gasteiger partial charge in [-0.25, -0.2) is 4.79 Å². The first-order chi connectivity index (χ1) is 10.1. The summed E-state index contributed by atoms with van der Waals surface area (Å²) in [6.45, 7) is 2.06. The van der Waals surface area contributed by atoms with Gasteiger partial charge in [0.05, 0.1) is 0 Å². The number of benzene rings is 1. The molecule has 110 valence electrons.